The number of rotatable bonds is 5. The van der Waals surface area contributed by atoms with Gasteiger partial charge in [-0.3, -0.25) is 9.20 Å². The van der Waals surface area contributed by atoms with Gasteiger partial charge < -0.3 is 25.2 Å². The van der Waals surface area contributed by atoms with Crippen LogP contribution in [-0.2, 0) is 24.7 Å². The molecule has 0 bridgehead atoms. The van der Waals surface area contributed by atoms with Gasteiger partial charge in [0.05, 0.1) is 25.1 Å². The van der Waals surface area contributed by atoms with Gasteiger partial charge in [-0.2, -0.15) is 26.3 Å². The molecule has 16 heteroatoms. The van der Waals surface area contributed by atoms with Crippen molar-refractivity contribution in [2.45, 2.75) is 37.9 Å². The molecular weight excluding hydrogens is 552 g/mol. The van der Waals surface area contributed by atoms with Crippen molar-refractivity contribution in [2.75, 3.05) is 32.0 Å². The molecule has 216 valence electrons. The molecule has 10 nitrogen and oxygen atoms in total. The van der Waals surface area contributed by atoms with Gasteiger partial charge in [-0.15, -0.1) is 0 Å². The molecule has 0 spiro atoms. The highest BCUT2D eigenvalue weighted by Gasteiger charge is 2.51. The number of fused-ring (bicyclic) bond motifs is 1. The third-order valence-corrected chi connectivity index (χ3v) is 6.44. The summed E-state index contributed by atoms with van der Waals surface area (Å²) in [6.45, 7) is 2.39. The van der Waals surface area contributed by atoms with Crippen LogP contribution in [0.5, 0.6) is 0 Å². The Labute approximate surface area is 222 Å². The van der Waals surface area contributed by atoms with Crippen LogP contribution in [0.15, 0.2) is 30.6 Å². The molecule has 2 atom stereocenters. The number of hydrogen-bond acceptors (Lipinski definition) is 8. The van der Waals surface area contributed by atoms with Gasteiger partial charge in [-0.05, 0) is 31.0 Å². The number of carbonyl (C=O) groups is 2. The fraction of sp³-hybridized carbons (Fsp3) is 0.417. The van der Waals surface area contributed by atoms with E-state index in [1.54, 1.807) is 6.92 Å². The van der Waals surface area contributed by atoms with Gasteiger partial charge >= 0.3 is 18.3 Å². The number of benzene rings is 1. The SMILES string of the molecule is Cc1ccc(C(C)(O)C(F)(F)F)cc1-c1cnc2c(N)nc(C(OC(=O)C(F)(F)F)C(=O)N3CCOCC3)cn12. The number of nitrogens with zero attached hydrogens (tertiary/aromatic N) is 4. The van der Waals surface area contributed by atoms with E-state index < -0.39 is 47.2 Å². The first-order valence-electron chi connectivity index (χ1n) is 11.7. The highest BCUT2D eigenvalue weighted by Crippen LogP contribution is 2.40. The van der Waals surface area contributed by atoms with Crippen molar-refractivity contribution >= 4 is 23.3 Å². The normalized spacial score (nSPS) is 17.0. The average molecular weight is 575 g/mol. The maximum atomic E-state index is 13.5. The Balaban J connectivity index is 1.86. The van der Waals surface area contributed by atoms with Gasteiger partial charge in [-0.25, -0.2) is 14.8 Å². The van der Waals surface area contributed by atoms with E-state index in [1.807, 2.05) is 0 Å². The fourth-order valence-corrected chi connectivity index (χ4v) is 4.08. The number of anilines is 1. The summed E-state index contributed by atoms with van der Waals surface area (Å²) in [4.78, 5) is 34.1. The lowest BCUT2D eigenvalue weighted by molar-refractivity contribution is -0.258. The lowest BCUT2D eigenvalue weighted by atomic mass is 9.91. The number of esters is 1. The zero-order valence-corrected chi connectivity index (χ0v) is 21.0. The Bertz CT molecular complexity index is 1450. The average Bonchev–Trinajstić information content (AvgIpc) is 3.30. The largest absolute Gasteiger partial charge is 0.490 e. The Morgan fingerprint density at radius 1 is 1.15 bits per heavy atom. The Kier molecular flexibility index (Phi) is 7.44. The second kappa shape index (κ2) is 10.2. The summed E-state index contributed by atoms with van der Waals surface area (Å²) in [6, 6.07) is 3.53. The van der Waals surface area contributed by atoms with Gasteiger partial charge in [-0.1, -0.05) is 12.1 Å². The smallest absolute Gasteiger partial charge is 0.439 e. The molecule has 1 aliphatic heterocycles. The maximum absolute atomic E-state index is 13.5. The molecule has 2 unspecified atom stereocenters. The molecule has 40 heavy (non-hydrogen) atoms. The van der Waals surface area contributed by atoms with Gasteiger partial charge in [0.25, 0.3) is 5.91 Å². The number of morpholine rings is 1. The highest BCUT2D eigenvalue weighted by atomic mass is 19.4. The van der Waals surface area contributed by atoms with Crippen LogP contribution < -0.4 is 5.73 Å². The summed E-state index contributed by atoms with van der Waals surface area (Å²) in [5.74, 6) is -4.00. The number of nitrogen functional groups attached to an aromatic ring is 1. The molecule has 3 N–H and O–H groups in total. The van der Waals surface area contributed by atoms with Crippen molar-refractivity contribution in [3.63, 3.8) is 0 Å². The van der Waals surface area contributed by atoms with Crippen molar-refractivity contribution in [1.29, 1.82) is 0 Å². The Morgan fingerprint density at radius 3 is 2.40 bits per heavy atom. The minimum absolute atomic E-state index is 0.0120. The van der Waals surface area contributed by atoms with Crippen molar-refractivity contribution in [3.8, 4) is 11.3 Å². The number of hydrogen-bond donors (Lipinski definition) is 2. The number of amides is 1. The van der Waals surface area contributed by atoms with Crippen molar-refractivity contribution < 1.29 is 50.5 Å². The first kappa shape index (κ1) is 29.1. The van der Waals surface area contributed by atoms with E-state index in [0.717, 1.165) is 23.2 Å². The molecule has 0 saturated carbocycles. The minimum Gasteiger partial charge on any atom is -0.439 e. The van der Waals surface area contributed by atoms with Crippen LogP contribution in [0.3, 0.4) is 0 Å². The van der Waals surface area contributed by atoms with E-state index in [-0.39, 0.29) is 49.0 Å². The number of aryl methyl sites for hydroxylation is 1. The number of imidazole rings is 1. The second-order valence-corrected chi connectivity index (χ2v) is 9.21. The molecule has 1 amide bonds. The number of ether oxygens (including phenoxy) is 2. The van der Waals surface area contributed by atoms with Gasteiger partial charge in [0.2, 0.25) is 6.10 Å². The van der Waals surface area contributed by atoms with E-state index in [9.17, 15) is 41.0 Å². The topological polar surface area (TPSA) is 132 Å². The molecule has 0 aliphatic carbocycles. The van der Waals surface area contributed by atoms with E-state index >= 15 is 0 Å². The summed E-state index contributed by atoms with van der Waals surface area (Å²) in [6.07, 6.45) is -10.3. The molecule has 3 heterocycles. The fourth-order valence-electron chi connectivity index (χ4n) is 4.08. The quantitative estimate of drug-likeness (QED) is 0.351. The van der Waals surface area contributed by atoms with Crippen molar-refractivity contribution in [3.05, 3.63) is 47.4 Å². The van der Waals surface area contributed by atoms with Gasteiger partial charge in [0.15, 0.2) is 17.1 Å². The molecule has 1 aromatic carbocycles. The number of carbonyl (C=O) groups excluding carboxylic acids is 2. The van der Waals surface area contributed by atoms with E-state index in [1.165, 1.54) is 16.7 Å². The lowest BCUT2D eigenvalue weighted by Gasteiger charge is -2.30. The molecular formula is C24H23F6N5O5. The standard InChI is InChI=1S/C24H23F6N5O5/c1-12-3-4-13(22(2,38)24(28,29)30)9-14(12)16-10-32-19-18(31)33-15(11-35(16)19)17(40-21(37)23(25,26)27)20(36)34-5-7-39-8-6-34/h3-4,9-11,17,38H,5-8H2,1-2H3,(H2,31,33). The number of aromatic nitrogens is 3. The van der Waals surface area contributed by atoms with E-state index in [4.69, 9.17) is 10.5 Å². The first-order chi connectivity index (χ1) is 18.5. The predicted molar refractivity (Wildman–Crippen MR) is 125 cm³/mol. The van der Waals surface area contributed by atoms with E-state index in [0.29, 0.717) is 12.5 Å². The second-order valence-electron chi connectivity index (χ2n) is 9.21. The van der Waals surface area contributed by atoms with Crippen LogP contribution in [0, 0.1) is 6.92 Å². The predicted octanol–water partition coefficient (Wildman–Crippen LogP) is 3.06. The monoisotopic (exact) mass is 575 g/mol. The van der Waals surface area contributed by atoms with Crippen molar-refractivity contribution in [2.24, 2.45) is 0 Å². The number of halogens is 6. The summed E-state index contributed by atoms with van der Waals surface area (Å²) in [7, 11) is 0. The molecule has 2 aromatic heterocycles. The summed E-state index contributed by atoms with van der Waals surface area (Å²) in [5, 5.41) is 10.2. The first-order valence-corrected chi connectivity index (χ1v) is 11.7. The molecule has 1 aliphatic rings. The lowest BCUT2D eigenvalue weighted by Crippen LogP contribution is -2.45. The van der Waals surface area contributed by atoms with E-state index in [2.05, 4.69) is 14.7 Å². The number of aliphatic hydroxyl groups is 1. The molecule has 3 aromatic rings. The van der Waals surface area contributed by atoms with Crippen LogP contribution >= 0.6 is 0 Å². The van der Waals surface area contributed by atoms with Crippen LogP contribution in [0.4, 0.5) is 32.2 Å². The summed E-state index contributed by atoms with van der Waals surface area (Å²) >= 11 is 0. The zero-order valence-electron chi connectivity index (χ0n) is 21.0. The zero-order chi connectivity index (χ0) is 29.6. The highest BCUT2D eigenvalue weighted by molar-refractivity contribution is 5.86. The molecule has 0 radical (unpaired) electrons. The summed E-state index contributed by atoms with van der Waals surface area (Å²) in [5.41, 5.74) is 2.50. The molecule has 1 saturated heterocycles. The number of nitrogens with two attached hydrogens (primary N) is 1. The maximum Gasteiger partial charge on any atom is 0.490 e. The third kappa shape index (κ3) is 5.40. The van der Waals surface area contributed by atoms with Crippen LogP contribution in [-0.4, -0.2) is 74.9 Å². The molecule has 4 rings (SSSR count). The van der Waals surface area contributed by atoms with Crippen LogP contribution in [0.2, 0.25) is 0 Å². The third-order valence-electron chi connectivity index (χ3n) is 6.44. The molecule has 1 fully saturated rings. The van der Waals surface area contributed by atoms with Gasteiger partial charge in [0.1, 0.15) is 5.69 Å². The summed E-state index contributed by atoms with van der Waals surface area (Å²) < 4.78 is 90.7. The van der Waals surface area contributed by atoms with Crippen LogP contribution in [0.1, 0.15) is 29.8 Å². The minimum atomic E-state index is -5.42. The number of alkyl halides is 6. The Hall–Kier alpha value is -3.92. The van der Waals surface area contributed by atoms with Crippen molar-refractivity contribution in [1.82, 2.24) is 19.3 Å². The van der Waals surface area contributed by atoms with Gasteiger partial charge in [0, 0.05) is 24.8 Å². The Morgan fingerprint density at radius 2 is 1.80 bits per heavy atom. The van der Waals surface area contributed by atoms with Crippen LogP contribution in [0.25, 0.3) is 16.9 Å².